The lowest BCUT2D eigenvalue weighted by Crippen LogP contribution is -2.05. The van der Waals surface area contributed by atoms with Gasteiger partial charge in [0.15, 0.2) is 6.29 Å². The molecule has 0 aliphatic carbocycles. The van der Waals surface area contributed by atoms with Gasteiger partial charge in [0.05, 0.1) is 0 Å². The van der Waals surface area contributed by atoms with Gasteiger partial charge >= 0.3 is 5.97 Å². The summed E-state index contributed by atoms with van der Waals surface area (Å²) < 4.78 is 4.68. The molecular formula is C17H32O3. The highest BCUT2D eigenvalue weighted by atomic mass is 16.5. The molecule has 3 heteroatoms. The van der Waals surface area contributed by atoms with Gasteiger partial charge in [-0.1, -0.05) is 77.6 Å². The van der Waals surface area contributed by atoms with Crippen molar-refractivity contribution in [1.29, 1.82) is 0 Å². The standard InChI is InChI=1S/C17H32O3/c1-2-3-4-5-6-7-8-9-10-11-12-13-14-17(19)20-16-15-18/h15H,2-14,16H2,1H3. The zero-order chi connectivity index (χ0) is 14.9. The third-order valence-corrected chi connectivity index (χ3v) is 3.55. The Hall–Kier alpha value is -0.860. The molecule has 0 spiro atoms. The molecule has 0 aliphatic rings. The van der Waals surface area contributed by atoms with Crippen molar-refractivity contribution in [3.05, 3.63) is 0 Å². The molecule has 0 aromatic carbocycles. The third-order valence-electron chi connectivity index (χ3n) is 3.55. The van der Waals surface area contributed by atoms with E-state index in [0.29, 0.717) is 12.7 Å². The van der Waals surface area contributed by atoms with Crippen molar-refractivity contribution >= 4 is 12.3 Å². The van der Waals surface area contributed by atoms with Gasteiger partial charge in [0.25, 0.3) is 0 Å². The highest BCUT2D eigenvalue weighted by molar-refractivity contribution is 5.71. The lowest BCUT2D eigenvalue weighted by atomic mass is 10.0. The van der Waals surface area contributed by atoms with Gasteiger partial charge in [-0.2, -0.15) is 0 Å². The van der Waals surface area contributed by atoms with E-state index in [1.807, 2.05) is 0 Å². The minimum Gasteiger partial charge on any atom is -0.458 e. The molecule has 0 bridgehead atoms. The maximum Gasteiger partial charge on any atom is 0.306 e. The minimum atomic E-state index is -0.246. The first-order valence-corrected chi connectivity index (χ1v) is 8.40. The van der Waals surface area contributed by atoms with Crippen LogP contribution in [0.1, 0.15) is 90.4 Å². The molecular weight excluding hydrogens is 252 g/mol. The monoisotopic (exact) mass is 284 g/mol. The lowest BCUT2D eigenvalue weighted by molar-refractivity contribution is -0.145. The van der Waals surface area contributed by atoms with Crippen molar-refractivity contribution in [1.82, 2.24) is 0 Å². The van der Waals surface area contributed by atoms with Crippen molar-refractivity contribution in [3.8, 4) is 0 Å². The molecule has 0 aromatic rings. The maximum atomic E-state index is 11.1. The van der Waals surface area contributed by atoms with E-state index in [1.165, 1.54) is 64.2 Å². The molecule has 0 aromatic heterocycles. The fourth-order valence-electron chi connectivity index (χ4n) is 2.31. The number of hydrogen-bond acceptors (Lipinski definition) is 3. The molecule has 3 nitrogen and oxygen atoms in total. The zero-order valence-corrected chi connectivity index (χ0v) is 13.2. The van der Waals surface area contributed by atoms with Crippen molar-refractivity contribution in [2.45, 2.75) is 90.4 Å². The van der Waals surface area contributed by atoms with Crippen LogP contribution in [-0.2, 0) is 14.3 Å². The predicted octanol–water partition coefficient (Wildman–Crippen LogP) is 4.82. The van der Waals surface area contributed by atoms with Crippen molar-refractivity contribution in [2.24, 2.45) is 0 Å². The SMILES string of the molecule is CCCCCCCCCCCCCCC(=O)OCC=O. The average Bonchev–Trinajstić information content (AvgIpc) is 2.46. The Bertz CT molecular complexity index is 226. The second kappa shape index (κ2) is 16.2. The first-order valence-electron chi connectivity index (χ1n) is 8.40. The van der Waals surface area contributed by atoms with Gasteiger partial charge < -0.3 is 4.74 Å². The van der Waals surface area contributed by atoms with Crippen LogP contribution in [0.5, 0.6) is 0 Å². The van der Waals surface area contributed by atoms with E-state index in [1.54, 1.807) is 0 Å². The Kier molecular flexibility index (Phi) is 15.5. The fraction of sp³-hybridized carbons (Fsp3) is 0.882. The van der Waals surface area contributed by atoms with Gasteiger partial charge in [0.1, 0.15) is 6.61 Å². The number of esters is 1. The summed E-state index contributed by atoms with van der Waals surface area (Å²) in [6, 6.07) is 0. The number of rotatable bonds is 15. The number of ether oxygens (including phenoxy) is 1. The van der Waals surface area contributed by atoms with E-state index >= 15 is 0 Å². The molecule has 0 amide bonds. The summed E-state index contributed by atoms with van der Waals surface area (Å²) in [4.78, 5) is 21.1. The van der Waals surface area contributed by atoms with Crippen molar-refractivity contribution < 1.29 is 14.3 Å². The normalized spacial score (nSPS) is 10.4. The summed E-state index contributed by atoms with van der Waals surface area (Å²) in [5.74, 6) is -0.246. The number of hydrogen-bond donors (Lipinski definition) is 0. The van der Waals surface area contributed by atoms with Crippen LogP contribution in [0.4, 0.5) is 0 Å². The van der Waals surface area contributed by atoms with E-state index in [4.69, 9.17) is 0 Å². The highest BCUT2D eigenvalue weighted by Crippen LogP contribution is 2.12. The zero-order valence-electron chi connectivity index (χ0n) is 13.2. The van der Waals surface area contributed by atoms with Gasteiger partial charge in [-0.15, -0.1) is 0 Å². The van der Waals surface area contributed by atoms with Crippen LogP contribution in [0, 0.1) is 0 Å². The number of carbonyl (C=O) groups is 2. The van der Waals surface area contributed by atoms with Crippen LogP contribution in [0.3, 0.4) is 0 Å². The number of carbonyl (C=O) groups excluding carboxylic acids is 2. The van der Waals surface area contributed by atoms with E-state index in [2.05, 4.69) is 11.7 Å². The third kappa shape index (κ3) is 15.2. The van der Waals surface area contributed by atoms with Gasteiger partial charge in [-0.25, -0.2) is 0 Å². The van der Waals surface area contributed by atoms with E-state index in [9.17, 15) is 9.59 Å². The molecule has 0 fully saturated rings. The summed E-state index contributed by atoms with van der Waals surface area (Å²) >= 11 is 0. The van der Waals surface area contributed by atoms with Gasteiger partial charge in [-0.3, -0.25) is 9.59 Å². The molecule has 118 valence electrons. The van der Waals surface area contributed by atoms with Crippen molar-refractivity contribution in [3.63, 3.8) is 0 Å². The summed E-state index contributed by atoms with van der Waals surface area (Å²) in [7, 11) is 0. The Morgan fingerprint density at radius 3 is 1.70 bits per heavy atom. The van der Waals surface area contributed by atoms with E-state index in [-0.39, 0.29) is 12.6 Å². The van der Waals surface area contributed by atoms with Crippen LogP contribution in [0.15, 0.2) is 0 Å². The summed E-state index contributed by atoms with van der Waals surface area (Å²) in [6.07, 6.45) is 16.5. The molecule has 0 heterocycles. The summed E-state index contributed by atoms with van der Waals surface area (Å²) in [5, 5.41) is 0. The molecule has 20 heavy (non-hydrogen) atoms. The largest absolute Gasteiger partial charge is 0.458 e. The van der Waals surface area contributed by atoms with Gasteiger partial charge in [0.2, 0.25) is 0 Å². The lowest BCUT2D eigenvalue weighted by Gasteiger charge is -2.03. The average molecular weight is 284 g/mol. The predicted molar refractivity (Wildman–Crippen MR) is 82.7 cm³/mol. The van der Waals surface area contributed by atoms with Crippen LogP contribution < -0.4 is 0 Å². The second-order valence-corrected chi connectivity index (χ2v) is 5.49. The summed E-state index contributed by atoms with van der Waals surface area (Å²) in [6.45, 7) is 2.15. The van der Waals surface area contributed by atoms with Gasteiger partial charge in [0, 0.05) is 6.42 Å². The molecule has 0 saturated heterocycles. The fourth-order valence-corrected chi connectivity index (χ4v) is 2.31. The summed E-state index contributed by atoms with van der Waals surface area (Å²) in [5.41, 5.74) is 0. The Labute approximate surface area is 124 Å². The molecule has 0 rings (SSSR count). The van der Waals surface area contributed by atoms with Crippen LogP contribution in [-0.4, -0.2) is 18.9 Å². The maximum absolute atomic E-state index is 11.1. The van der Waals surface area contributed by atoms with E-state index < -0.39 is 0 Å². The minimum absolute atomic E-state index is 0.100. The molecule has 0 radical (unpaired) electrons. The molecule has 0 saturated carbocycles. The number of aldehydes is 1. The molecule has 0 aliphatic heterocycles. The van der Waals surface area contributed by atoms with Crippen LogP contribution in [0.2, 0.25) is 0 Å². The highest BCUT2D eigenvalue weighted by Gasteiger charge is 2.01. The molecule has 0 unspecified atom stereocenters. The quantitative estimate of drug-likeness (QED) is 0.246. The van der Waals surface area contributed by atoms with Crippen molar-refractivity contribution in [2.75, 3.05) is 6.61 Å². The Morgan fingerprint density at radius 1 is 0.800 bits per heavy atom. The second-order valence-electron chi connectivity index (χ2n) is 5.49. The molecule has 0 atom stereocenters. The Morgan fingerprint density at radius 2 is 1.25 bits per heavy atom. The first kappa shape index (κ1) is 19.1. The Balaban J connectivity index is 3.06. The smallest absolute Gasteiger partial charge is 0.306 e. The molecule has 0 N–H and O–H groups in total. The number of unbranched alkanes of at least 4 members (excludes halogenated alkanes) is 11. The van der Waals surface area contributed by atoms with E-state index in [0.717, 1.165) is 12.8 Å². The van der Waals surface area contributed by atoms with Gasteiger partial charge in [-0.05, 0) is 6.42 Å². The van der Waals surface area contributed by atoms with Crippen LogP contribution in [0.25, 0.3) is 0 Å². The van der Waals surface area contributed by atoms with Crippen LogP contribution >= 0.6 is 0 Å². The topological polar surface area (TPSA) is 43.4 Å². The first-order chi connectivity index (χ1) is 9.81.